The van der Waals surface area contributed by atoms with Gasteiger partial charge in [-0.05, 0) is 13.0 Å². The van der Waals surface area contributed by atoms with Crippen molar-refractivity contribution in [2.75, 3.05) is 40.6 Å². The first-order valence-corrected chi connectivity index (χ1v) is 9.04. The van der Waals surface area contributed by atoms with E-state index < -0.39 is 14.3 Å². The Hall–Kier alpha value is -0.0231. The topological polar surface area (TPSA) is 73.0 Å². The lowest BCUT2D eigenvalue weighted by Crippen LogP contribution is -2.48. The van der Waals surface area contributed by atoms with Crippen LogP contribution in [0.4, 0.5) is 0 Å². The normalized spacial score (nSPS) is 26.4. The van der Waals surface area contributed by atoms with E-state index in [0.29, 0.717) is 18.6 Å². The zero-order valence-corrected chi connectivity index (χ0v) is 13.3. The van der Waals surface area contributed by atoms with Gasteiger partial charge in [0.15, 0.2) is 0 Å². The highest BCUT2D eigenvalue weighted by atomic mass is 28.4. The smallest absolute Gasteiger partial charge is 0.364 e. The van der Waals surface area contributed by atoms with Gasteiger partial charge in [-0.25, -0.2) is 0 Å². The summed E-state index contributed by atoms with van der Waals surface area (Å²) in [6.07, 6.45) is 1.47. The summed E-state index contributed by atoms with van der Waals surface area (Å²) in [7, 11) is 0.911. The van der Waals surface area contributed by atoms with Crippen LogP contribution in [0.3, 0.4) is 0 Å². The molecule has 0 spiro atoms. The lowest BCUT2D eigenvalue weighted by molar-refractivity contribution is 0.102. The maximum absolute atomic E-state index is 9.39. The first-order valence-electron chi connectivity index (χ1n) is 6.65. The molecule has 2 fully saturated rings. The highest BCUT2D eigenvalue weighted by molar-refractivity contribution is 6.67. The van der Waals surface area contributed by atoms with E-state index in [9.17, 15) is 5.11 Å². The molecule has 3 atom stereocenters. The van der Waals surface area contributed by atoms with E-state index in [4.69, 9.17) is 23.1 Å². The third kappa shape index (κ3) is 6.80. The number of aliphatic hydroxyl groups is 1. The van der Waals surface area contributed by atoms with Crippen molar-refractivity contribution in [2.45, 2.75) is 37.8 Å². The van der Waals surface area contributed by atoms with Gasteiger partial charge in [0.25, 0.3) is 0 Å². The highest BCUT2D eigenvalue weighted by Gasteiger charge is 2.36. The lowest BCUT2D eigenvalue weighted by atomic mass is 10.5. The Bertz CT molecular complexity index is 228. The van der Waals surface area contributed by atoms with Crippen LogP contribution in [0.5, 0.6) is 0 Å². The molecule has 0 aromatic carbocycles. The third-order valence-electron chi connectivity index (χ3n) is 3.21. The molecule has 0 aromatic heterocycles. The van der Waals surface area contributed by atoms with Crippen molar-refractivity contribution in [2.24, 2.45) is 0 Å². The molecule has 2 rings (SSSR count). The van der Waals surface area contributed by atoms with Gasteiger partial charge in [0, 0.05) is 14.2 Å². The molecule has 3 unspecified atom stereocenters. The summed E-state index contributed by atoms with van der Waals surface area (Å²) in [5.74, 6) is 0. The Morgan fingerprint density at radius 3 is 1.79 bits per heavy atom. The molecule has 0 radical (unpaired) electrons. The fourth-order valence-corrected chi connectivity index (χ4v) is 2.84. The van der Waals surface area contributed by atoms with E-state index in [1.54, 1.807) is 14.2 Å². The summed E-state index contributed by atoms with van der Waals surface area (Å²) in [6.45, 7) is 7.02. The SMILES string of the molecule is C(OCC1CO1)C1CO1.CCC(O)[Si](C)(OC)OC. The maximum atomic E-state index is 9.39. The first kappa shape index (κ1) is 17.0. The van der Waals surface area contributed by atoms with Crippen molar-refractivity contribution in [3.8, 4) is 0 Å². The molecule has 0 saturated carbocycles. The fourth-order valence-electron chi connectivity index (χ4n) is 1.39. The monoisotopic (exact) mass is 294 g/mol. The largest absolute Gasteiger partial charge is 0.396 e. The van der Waals surface area contributed by atoms with E-state index in [1.807, 2.05) is 13.5 Å². The molecule has 2 aliphatic rings. The summed E-state index contributed by atoms with van der Waals surface area (Å²) in [5.41, 5.74) is -0.428. The molecule has 0 amide bonds. The fraction of sp³-hybridized carbons (Fsp3) is 1.00. The molecular weight excluding hydrogens is 268 g/mol. The quantitative estimate of drug-likeness (QED) is 0.518. The molecule has 2 aliphatic heterocycles. The summed E-state index contributed by atoms with van der Waals surface area (Å²) in [6, 6.07) is 0. The van der Waals surface area contributed by atoms with Gasteiger partial charge in [-0.1, -0.05) is 6.92 Å². The van der Waals surface area contributed by atoms with Gasteiger partial charge < -0.3 is 28.2 Å². The molecule has 19 heavy (non-hydrogen) atoms. The molecule has 7 heteroatoms. The van der Waals surface area contributed by atoms with Crippen LogP contribution in [0.2, 0.25) is 6.55 Å². The van der Waals surface area contributed by atoms with E-state index in [1.165, 1.54) is 0 Å². The summed E-state index contributed by atoms with van der Waals surface area (Å²) < 4.78 is 25.3. The average molecular weight is 294 g/mol. The number of hydrogen-bond donors (Lipinski definition) is 1. The number of hydrogen-bond acceptors (Lipinski definition) is 6. The standard InChI is InChI=1S/C6H16O3Si.C6H10O3/c1-5-6(7)10(4,8-2)9-3;1(5-3-8-5)7-2-6-4-9-6/h6-7H,5H2,1-4H3;5-6H,1-4H2. The second kappa shape index (κ2) is 8.31. The van der Waals surface area contributed by atoms with Gasteiger partial charge in [-0.3, -0.25) is 0 Å². The first-order chi connectivity index (χ1) is 9.05. The third-order valence-corrected chi connectivity index (χ3v) is 6.45. The zero-order chi connectivity index (χ0) is 14.3. The Kier molecular flexibility index (Phi) is 7.44. The van der Waals surface area contributed by atoms with Crippen LogP contribution in [0.1, 0.15) is 13.3 Å². The number of ether oxygens (including phenoxy) is 3. The van der Waals surface area contributed by atoms with Gasteiger partial charge >= 0.3 is 8.56 Å². The van der Waals surface area contributed by atoms with E-state index >= 15 is 0 Å². The van der Waals surface area contributed by atoms with E-state index in [-0.39, 0.29) is 0 Å². The molecule has 0 aromatic rings. The second-order valence-electron chi connectivity index (χ2n) is 4.80. The van der Waals surface area contributed by atoms with Crippen molar-refractivity contribution >= 4 is 8.56 Å². The van der Waals surface area contributed by atoms with Gasteiger partial charge in [-0.15, -0.1) is 0 Å². The van der Waals surface area contributed by atoms with Crippen LogP contribution in [0, 0.1) is 0 Å². The molecule has 0 aliphatic carbocycles. The van der Waals surface area contributed by atoms with Crippen molar-refractivity contribution < 1.29 is 28.2 Å². The second-order valence-corrected chi connectivity index (χ2v) is 8.31. The molecular formula is C12H26O6Si. The van der Waals surface area contributed by atoms with E-state index in [2.05, 4.69) is 0 Å². The van der Waals surface area contributed by atoms with Crippen molar-refractivity contribution in [3.63, 3.8) is 0 Å². The van der Waals surface area contributed by atoms with Gasteiger partial charge in [-0.2, -0.15) is 0 Å². The Morgan fingerprint density at radius 2 is 1.58 bits per heavy atom. The molecule has 6 nitrogen and oxygen atoms in total. The van der Waals surface area contributed by atoms with Crippen LogP contribution >= 0.6 is 0 Å². The predicted molar refractivity (Wildman–Crippen MR) is 72.2 cm³/mol. The Labute approximate surface area is 116 Å². The highest BCUT2D eigenvalue weighted by Crippen LogP contribution is 2.13. The van der Waals surface area contributed by atoms with E-state index in [0.717, 1.165) is 26.4 Å². The van der Waals surface area contributed by atoms with Crippen LogP contribution in [-0.2, 0) is 23.1 Å². The van der Waals surface area contributed by atoms with Gasteiger partial charge in [0.05, 0.1) is 32.2 Å². The maximum Gasteiger partial charge on any atom is 0.364 e. The number of rotatable bonds is 8. The van der Waals surface area contributed by atoms with Crippen LogP contribution < -0.4 is 0 Å². The predicted octanol–water partition coefficient (Wildman–Crippen LogP) is 0.462. The molecule has 2 heterocycles. The van der Waals surface area contributed by atoms with Crippen LogP contribution in [-0.4, -0.2) is 72.2 Å². The minimum atomic E-state index is -2.25. The minimum Gasteiger partial charge on any atom is -0.396 e. The molecule has 0 bridgehead atoms. The summed E-state index contributed by atoms with van der Waals surface area (Å²) >= 11 is 0. The molecule has 1 N–H and O–H groups in total. The Morgan fingerprint density at radius 1 is 1.16 bits per heavy atom. The van der Waals surface area contributed by atoms with Crippen LogP contribution in [0.25, 0.3) is 0 Å². The summed E-state index contributed by atoms with van der Waals surface area (Å²) in [5, 5.41) is 9.39. The van der Waals surface area contributed by atoms with Crippen molar-refractivity contribution in [1.29, 1.82) is 0 Å². The average Bonchev–Trinajstić information content (AvgIpc) is 3.32. The number of epoxide rings is 2. The summed E-state index contributed by atoms with van der Waals surface area (Å²) in [4.78, 5) is 0. The lowest BCUT2D eigenvalue weighted by Gasteiger charge is -2.26. The number of aliphatic hydroxyl groups excluding tert-OH is 1. The zero-order valence-electron chi connectivity index (χ0n) is 12.3. The van der Waals surface area contributed by atoms with Gasteiger partial charge in [0.1, 0.15) is 12.2 Å². The Balaban J connectivity index is 0.000000190. The van der Waals surface area contributed by atoms with Crippen molar-refractivity contribution in [1.82, 2.24) is 0 Å². The molecule has 114 valence electrons. The minimum absolute atomic E-state index is 0.392. The van der Waals surface area contributed by atoms with Gasteiger partial charge in [0.2, 0.25) is 0 Å². The van der Waals surface area contributed by atoms with Crippen LogP contribution in [0.15, 0.2) is 0 Å². The van der Waals surface area contributed by atoms with Crippen molar-refractivity contribution in [3.05, 3.63) is 0 Å². The molecule has 2 saturated heterocycles.